The first-order valence-corrected chi connectivity index (χ1v) is 8.63. The van der Waals surface area contributed by atoms with E-state index in [1.165, 1.54) is 8.71 Å². The SMILES string of the molecule is CN1CCCN(S(=O)(=O)c2c(Cl)nc3ccccn23)CC1. The van der Waals surface area contributed by atoms with Crippen LogP contribution in [0.25, 0.3) is 5.65 Å². The van der Waals surface area contributed by atoms with E-state index in [-0.39, 0.29) is 10.2 Å². The van der Waals surface area contributed by atoms with E-state index < -0.39 is 10.0 Å². The summed E-state index contributed by atoms with van der Waals surface area (Å²) in [5.74, 6) is 0. The van der Waals surface area contributed by atoms with E-state index in [2.05, 4.69) is 9.88 Å². The predicted octanol–water partition coefficient (Wildman–Crippen LogP) is 1.31. The van der Waals surface area contributed by atoms with Gasteiger partial charge < -0.3 is 4.90 Å². The predicted molar refractivity (Wildman–Crippen MR) is 81.1 cm³/mol. The molecule has 0 aromatic carbocycles. The number of pyridine rings is 1. The largest absolute Gasteiger partial charge is 0.305 e. The third kappa shape index (κ3) is 2.66. The Morgan fingerprint density at radius 2 is 2.00 bits per heavy atom. The van der Waals surface area contributed by atoms with E-state index in [0.717, 1.165) is 13.0 Å². The zero-order valence-corrected chi connectivity index (χ0v) is 13.3. The molecule has 6 nitrogen and oxygen atoms in total. The van der Waals surface area contributed by atoms with Crippen LogP contribution in [0.4, 0.5) is 0 Å². The highest BCUT2D eigenvalue weighted by atomic mass is 35.5. The number of sulfonamides is 1. The van der Waals surface area contributed by atoms with Crippen molar-refractivity contribution in [2.75, 3.05) is 33.2 Å². The first kappa shape index (κ1) is 14.8. The Bertz CT molecular complexity index is 759. The number of fused-ring (bicyclic) bond motifs is 1. The van der Waals surface area contributed by atoms with Crippen LogP contribution in [0.1, 0.15) is 6.42 Å². The number of imidazole rings is 1. The number of likely N-dealkylation sites (N-methyl/N-ethyl adjacent to an activating group) is 1. The second-order valence-electron chi connectivity index (χ2n) is 5.20. The Morgan fingerprint density at radius 1 is 1.19 bits per heavy atom. The topological polar surface area (TPSA) is 57.9 Å². The fourth-order valence-corrected chi connectivity index (χ4v) is 4.63. The smallest absolute Gasteiger partial charge is 0.262 e. The van der Waals surface area contributed by atoms with Gasteiger partial charge in [-0.05, 0) is 32.1 Å². The molecule has 1 aliphatic rings. The molecular weight excluding hydrogens is 312 g/mol. The Balaban J connectivity index is 2.06. The van der Waals surface area contributed by atoms with Gasteiger partial charge >= 0.3 is 0 Å². The van der Waals surface area contributed by atoms with Gasteiger partial charge in [0.05, 0.1) is 0 Å². The Kier molecular flexibility index (Phi) is 3.92. The Hall–Kier alpha value is -1.15. The molecule has 2 aromatic rings. The lowest BCUT2D eigenvalue weighted by Crippen LogP contribution is -2.35. The van der Waals surface area contributed by atoms with Crippen molar-refractivity contribution in [3.05, 3.63) is 29.5 Å². The molecule has 0 radical (unpaired) electrons. The van der Waals surface area contributed by atoms with Gasteiger partial charge in [-0.25, -0.2) is 13.4 Å². The number of nitrogens with zero attached hydrogens (tertiary/aromatic N) is 4. The molecule has 2 aromatic heterocycles. The fraction of sp³-hybridized carbons (Fsp3) is 0.462. The maximum absolute atomic E-state index is 12.9. The van der Waals surface area contributed by atoms with Crippen molar-refractivity contribution >= 4 is 27.3 Å². The normalized spacial score (nSPS) is 19.0. The minimum atomic E-state index is -3.65. The summed E-state index contributed by atoms with van der Waals surface area (Å²) in [7, 11) is -1.65. The highest BCUT2D eigenvalue weighted by Crippen LogP contribution is 2.26. The molecular formula is C13H17ClN4O2S. The molecule has 0 bridgehead atoms. The molecule has 0 spiro atoms. The average molecular weight is 329 g/mol. The summed E-state index contributed by atoms with van der Waals surface area (Å²) in [5, 5.41) is 0.0862. The van der Waals surface area contributed by atoms with Gasteiger partial charge in [-0.1, -0.05) is 17.7 Å². The average Bonchev–Trinajstić information content (AvgIpc) is 2.62. The number of hydrogen-bond acceptors (Lipinski definition) is 4. The van der Waals surface area contributed by atoms with Crippen LogP contribution in [-0.4, -0.2) is 60.2 Å². The van der Waals surface area contributed by atoms with E-state index in [9.17, 15) is 8.42 Å². The molecule has 114 valence electrons. The van der Waals surface area contributed by atoms with Crippen LogP contribution < -0.4 is 0 Å². The monoisotopic (exact) mass is 328 g/mol. The highest BCUT2D eigenvalue weighted by Gasteiger charge is 2.31. The second-order valence-corrected chi connectivity index (χ2v) is 7.41. The molecule has 0 aliphatic carbocycles. The molecule has 0 N–H and O–H groups in total. The highest BCUT2D eigenvalue weighted by molar-refractivity contribution is 7.89. The van der Waals surface area contributed by atoms with Gasteiger partial charge in [0, 0.05) is 25.8 Å². The summed E-state index contributed by atoms with van der Waals surface area (Å²) in [5.41, 5.74) is 0.535. The molecule has 0 atom stereocenters. The van der Waals surface area contributed by atoms with Crippen LogP contribution in [-0.2, 0) is 10.0 Å². The van der Waals surface area contributed by atoms with Gasteiger partial charge in [-0.2, -0.15) is 4.31 Å². The number of aromatic nitrogens is 2. The molecule has 8 heteroatoms. The minimum Gasteiger partial charge on any atom is -0.305 e. The van der Waals surface area contributed by atoms with Crippen LogP contribution in [0.2, 0.25) is 5.15 Å². The first-order chi connectivity index (χ1) is 10.00. The third-order valence-electron chi connectivity index (χ3n) is 3.71. The third-order valence-corrected chi connectivity index (χ3v) is 6.01. The van der Waals surface area contributed by atoms with Crippen molar-refractivity contribution in [3.8, 4) is 0 Å². The lowest BCUT2D eigenvalue weighted by atomic mass is 10.4. The van der Waals surface area contributed by atoms with Crippen molar-refractivity contribution in [1.29, 1.82) is 0 Å². The molecule has 21 heavy (non-hydrogen) atoms. The lowest BCUT2D eigenvalue weighted by molar-refractivity contribution is 0.347. The molecule has 0 unspecified atom stereocenters. The van der Waals surface area contributed by atoms with E-state index in [1.54, 1.807) is 24.4 Å². The van der Waals surface area contributed by atoms with Gasteiger partial charge in [0.25, 0.3) is 10.0 Å². The summed E-state index contributed by atoms with van der Waals surface area (Å²) >= 11 is 6.09. The van der Waals surface area contributed by atoms with Gasteiger partial charge in [0.15, 0.2) is 10.2 Å². The molecule has 1 fully saturated rings. The maximum atomic E-state index is 12.9. The quantitative estimate of drug-likeness (QED) is 0.834. The molecule has 3 rings (SSSR count). The van der Waals surface area contributed by atoms with Crippen molar-refractivity contribution in [2.45, 2.75) is 11.4 Å². The molecule has 3 heterocycles. The van der Waals surface area contributed by atoms with E-state index >= 15 is 0 Å². The van der Waals surface area contributed by atoms with Crippen LogP contribution in [0, 0.1) is 0 Å². The van der Waals surface area contributed by atoms with Gasteiger partial charge in [-0.3, -0.25) is 4.40 Å². The van der Waals surface area contributed by atoms with Gasteiger partial charge in [-0.15, -0.1) is 0 Å². The zero-order valence-electron chi connectivity index (χ0n) is 11.7. The van der Waals surface area contributed by atoms with Crippen molar-refractivity contribution in [2.24, 2.45) is 0 Å². The summed E-state index contributed by atoms with van der Waals surface area (Å²) in [6.45, 7) is 2.58. The van der Waals surface area contributed by atoms with Crippen LogP contribution in [0.3, 0.4) is 0 Å². The van der Waals surface area contributed by atoms with Crippen LogP contribution in [0.15, 0.2) is 29.4 Å². The molecule has 1 saturated heterocycles. The lowest BCUT2D eigenvalue weighted by Gasteiger charge is -2.19. The van der Waals surface area contributed by atoms with Crippen molar-refractivity contribution in [3.63, 3.8) is 0 Å². The van der Waals surface area contributed by atoms with Crippen LogP contribution >= 0.6 is 11.6 Å². The zero-order chi connectivity index (χ0) is 15.0. The van der Waals surface area contributed by atoms with Crippen molar-refractivity contribution in [1.82, 2.24) is 18.6 Å². The number of halogens is 1. The minimum absolute atomic E-state index is 0.0267. The summed E-state index contributed by atoms with van der Waals surface area (Å²) in [4.78, 5) is 6.26. The second kappa shape index (κ2) is 5.57. The summed E-state index contributed by atoms with van der Waals surface area (Å²) < 4.78 is 28.8. The number of hydrogen-bond donors (Lipinski definition) is 0. The molecule has 0 amide bonds. The maximum Gasteiger partial charge on any atom is 0.262 e. The summed E-state index contributed by atoms with van der Waals surface area (Å²) in [6.07, 6.45) is 2.48. The van der Waals surface area contributed by atoms with Crippen molar-refractivity contribution < 1.29 is 8.42 Å². The Morgan fingerprint density at radius 3 is 2.81 bits per heavy atom. The Labute approximate surface area is 129 Å². The number of rotatable bonds is 2. The first-order valence-electron chi connectivity index (χ1n) is 6.81. The standard InChI is InChI=1S/C13H17ClN4O2S/c1-16-6-4-7-17(10-9-16)21(19,20)13-12(14)15-11-5-2-3-8-18(11)13/h2-3,5,8H,4,6-7,9-10H2,1H3. The fourth-order valence-electron chi connectivity index (χ4n) is 2.56. The van der Waals surface area contributed by atoms with Crippen LogP contribution in [0.5, 0.6) is 0 Å². The van der Waals surface area contributed by atoms with E-state index in [4.69, 9.17) is 11.6 Å². The molecule has 0 saturated carbocycles. The summed E-state index contributed by atoms with van der Waals surface area (Å²) in [6, 6.07) is 5.30. The van der Waals surface area contributed by atoms with Gasteiger partial charge in [0.2, 0.25) is 0 Å². The molecule has 1 aliphatic heterocycles. The van der Waals surface area contributed by atoms with Gasteiger partial charge in [0.1, 0.15) is 5.65 Å². The van der Waals surface area contributed by atoms with E-state index in [0.29, 0.717) is 25.3 Å². The van der Waals surface area contributed by atoms with E-state index in [1.807, 2.05) is 7.05 Å².